The van der Waals surface area contributed by atoms with Crippen molar-refractivity contribution in [2.24, 2.45) is 7.05 Å². The van der Waals surface area contributed by atoms with E-state index in [9.17, 15) is 9.18 Å². The van der Waals surface area contributed by atoms with Crippen molar-refractivity contribution in [1.29, 1.82) is 0 Å². The lowest BCUT2D eigenvalue weighted by Crippen LogP contribution is -2.41. The smallest absolute Gasteiger partial charge is 0.268 e. The molecule has 5 heteroatoms. The predicted molar refractivity (Wildman–Crippen MR) is 96.9 cm³/mol. The molecule has 4 nitrogen and oxygen atoms in total. The molecule has 1 aromatic carbocycles. The van der Waals surface area contributed by atoms with Crippen LogP contribution in [0.4, 0.5) is 4.39 Å². The van der Waals surface area contributed by atoms with Crippen LogP contribution in [0.25, 0.3) is 0 Å². The quantitative estimate of drug-likeness (QED) is 0.929. The standard InChI is InChI=1S/C20H26FN3O/c1-20(2,3)22-19(25)18-11-15-13-24(9-8-17(15)23(18)4)12-14-6-5-7-16(21)10-14/h5-7,10-11H,8-9,12-13H2,1-4H3,(H,22,25). The van der Waals surface area contributed by atoms with Crippen LogP contribution in [0, 0.1) is 5.82 Å². The Morgan fingerprint density at radius 1 is 1.28 bits per heavy atom. The molecule has 1 aliphatic heterocycles. The van der Waals surface area contributed by atoms with Crippen molar-refractivity contribution in [1.82, 2.24) is 14.8 Å². The van der Waals surface area contributed by atoms with Gasteiger partial charge in [-0.05, 0) is 50.1 Å². The average Bonchev–Trinajstić information content (AvgIpc) is 2.82. The van der Waals surface area contributed by atoms with E-state index in [1.54, 1.807) is 12.1 Å². The fourth-order valence-corrected chi connectivity index (χ4v) is 3.41. The van der Waals surface area contributed by atoms with Gasteiger partial charge in [0, 0.05) is 44.3 Å². The summed E-state index contributed by atoms with van der Waals surface area (Å²) in [6.45, 7) is 8.34. The number of rotatable bonds is 3. The van der Waals surface area contributed by atoms with Crippen LogP contribution in [0.3, 0.4) is 0 Å². The number of hydrogen-bond donors (Lipinski definition) is 1. The second kappa shape index (κ2) is 6.64. The zero-order valence-electron chi connectivity index (χ0n) is 15.4. The summed E-state index contributed by atoms with van der Waals surface area (Å²) in [5.74, 6) is -0.239. The molecule has 1 N–H and O–H groups in total. The Kier molecular flexibility index (Phi) is 4.69. The van der Waals surface area contributed by atoms with E-state index >= 15 is 0 Å². The number of carbonyl (C=O) groups excluding carboxylic acids is 1. The maximum absolute atomic E-state index is 13.4. The molecule has 0 saturated heterocycles. The largest absolute Gasteiger partial charge is 0.346 e. The molecule has 1 aromatic heterocycles. The van der Waals surface area contributed by atoms with Crippen molar-refractivity contribution in [2.45, 2.75) is 45.8 Å². The number of halogens is 1. The van der Waals surface area contributed by atoms with Crippen molar-refractivity contribution in [2.75, 3.05) is 6.54 Å². The minimum Gasteiger partial charge on any atom is -0.346 e. The number of nitrogens with zero attached hydrogens (tertiary/aromatic N) is 2. The van der Waals surface area contributed by atoms with E-state index in [-0.39, 0.29) is 17.3 Å². The second-order valence-corrected chi connectivity index (χ2v) is 7.86. The lowest BCUT2D eigenvalue weighted by Gasteiger charge is -2.27. The van der Waals surface area contributed by atoms with Gasteiger partial charge in [-0.3, -0.25) is 9.69 Å². The van der Waals surface area contributed by atoms with Gasteiger partial charge in [-0.1, -0.05) is 12.1 Å². The van der Waals surface area contributed by atoms with E-state index in [0.717, 1.165) is 31.6 Å². The summed E-state index contributed by atoms with van der Waals surface area (Å²) in [7, 11) is 1.96. The molecule has 0 unspecified atom stereocenters. The Labute approximate surface area is 148 Å². The highest BCUT2D eigenvalue weighted by Crippen LogP contribution is 2.24. The Morgan fingerprint density at radius 2 is 2.04 bits per heavy atom. The van der Waals surface area contributed by atoms with Crippen LogP contribution in [0.15, 0.2) is 30.3 Å². The molecule has 2 heterocycles. The monoisotopic (exact) mass is 343 g/mol. The van der Waals surface area contributed by atoms with Gasteiger partial charge in [0.15, 0.2) is 0 Å². The van der Waals surface area contributed by atoms with Gasteiger partial charge >= 0.3 is 0 Å². The van der Waals surface area contributed by atoms with Crippen molar-refractivity contribution < 1.29 is 9.18 Å². The third-order valence-corrected chi connectivity index (χ3v) is 4.52. The summed E-state index contributed by atoms with van der Waals surface area (Å²) < 4.78 is 15.4. The van der Waals surface area contributed by atoms with E-state index < -0.39 is 0 Å². The number of benzene rings is 1. The molecule has 2 aromatic rings. The summed E-state index contributed by atoms with van der Waals surface area (Å²) in [5.41, 5.74) is 3.82. The van der Waals surface area contributed by atoms with Crippen molar-refractivity contribution in [3.63, 3.8) is 0 Å². The molecule has 0 bridgehead atoms. The van der Waals surface area contributed by atoms with Gasteiger partial charge in [-0.25, -0.2) is 4.39 Å². The van der Waals surface area contributed by atoms with E-state index in [2.05, 4.69) is 10.2 Å². The van der Waals surface area contributed by atoms with Crippen LogP contribution >= 0.6 is 0 Å². The predicted octanol–water partition coefficient (Wildman–Crippen LogP) is 3.25. The Balaban J connectivity index is 1.75. The van der Waals surface area contributed by atoms with Crippen molar-refractivity contribution in [3.8, 4) is 0 Å². The Bertz CT molecular complexity index is 789. The molecule has 1 aliphatic rings. The first-order valence-electron chi connectivity index (χ1n) is 8.70. The minimum atomic E-state index is -0.259. The molecule has 0 spiro atoms. The number of aromatic nitrogens is 1. The third-order valence-electron chi connectivity index (χ3n) is 4.52. The molecule has 0 aliphatic carbocycles. The molecule has 3 rings (SSSR count). The van der Waals surface area contributed by atoms with Crippen LogP contribution in [0.2, 0.25) is 0 Å². The van der Waals surface area contributed by atoms with Crippen molar-refractivity contribution >= 4 is 5.91 Å². The number of amides is 1. The third kappa shape index (κ3) is 4.10. The van der Waals surface area contributed by atoms with Crippen LogP contribution in [-0.4, -0.2) is 27.5 Å². The highest BCUT2D eigenvalue weighted by atomic mass is 19.1. The number of nitrogens with one attached hydrogen (secondary N) is 1. The van der Waals surface area contributed by atoms with Gasteiger partial charge in [-0.15, -0.1) is 0 Å². The molecule has 0 atom stereocenters. The fourth-order valence-electron chi connectivity index (χ4n) is 3.41. The number of hydrogen-bond acceptors (Lipinski definition) is 2. The van der Waals surface area contributed by atoms with Crippen LogP contribution < -0.4 is 5.32 Å². The zero-order chi connectivity index (χ0) is 18.2. The van der Waals surface area contributed by atoms with Crippen molar-refractivity contribution in [3.05, 3.63) is 58.7 Å². The Morgan fingerprint density at radius 3 is 2.72 bits per heavy atom. The van der Waals surface area contributed by atoms with Gasteiger partial charge in [0.1, 0.15) is 11.5 Å². The van der Waals surface area contributed by atoms with E-state index in [1.807, 2.05) is 44.5 Å². The SMILES string of the molecule is Cn1c(C(=O)NC(C)(C)C)cc2c1CCN(Cc1cccc(F)c1)C2. The first-order valence-corrected chi connectivity index (χ1v) is 8.70. The molecular formula is C20H26FN3O. The van der Waals surface area contributed by atoms with E-state index in [0.29, 0.717) is 5.69 Å². The highest BCUT2D eigenvalue weighted by molar-refractivity contribution is 5.93. The lowest BCUT2D eigenvalue weighted by atomic mass is 10.1. The first-order chi connectivity index (χ1) is 11.7. The molecule has 1 amide bonds. The molecule has 0 saturated carbocycles. The molecule has 134 valence electrons. The van der Waals surface area contributed by atoms with Gasteiger partial charge in [0.2, 0.25) is 0 Å². The maximum Gasteiger partial charge on any atom is 0.268 e. The fraction of sp³-hybridized carbons (Fsp3) is 0.450. The first kappa shape index (κ1) is 17.7. The normalized spacial score (nSPS) is 15.1. The van der Waals surface area contributed by atoms with Crippen LogP contribution in [0.5, 0.6) is 0 Å². The summed E-state index contributed by atoms with van der Waals surface area (Å²) in [6, 6.07) is 8.75. The summed E-state index contributed by atoms with van der Waals surface area (Å²) in [4.78, 5) is 14.8. The summed E-state index contributed by atoms with van der Waals surface area (Å²) in [6.07, 6.45) is 0.893. The summed E-state index contributed by atoms with van der Waals surface area (Å²) >= 11 is 0. The molecule has 0 fully saturated rings. The highest BCUT2D eigenvalue weighted by Gasteiger charge is 2.25. The van der Waals surface area contributed by atoms with E-state index in [1.165, 1.54) is 17.3 Å². The van der Waals surface area contributed by atoms with Crippen LogP contribution in [0.1, 0.15) is 48.1 Å². The Hall–Kier alpha value is -2.14. The number of fused-ring (bicyclic) bond motifs is 1. The van der Waals surface area contributed by atoms with E-state index in [4.69, 9.17) is 0 Å². The molecule has 0 radical (unpaired) electrons. The summed E-state index contributed by atoms with van der Waals surface area (Å²) in [5, 5.41) is 3.03. The average molecular weight is 343 g/mol. The zero-order valence-corrected chi connectivity index (χ0v) is 15.4. The molecular weight excluding hydrogens is 317 g/mol. The maximum atomic E-state index is 13.4. The van der Waals surface area contributed by atoms with Gasteiger partial charge in [0.25, 0.3) is 5.91 Å². The topological polar surface area (TPSA) is 37.3 Å². The number of carbonyl (C=O) groups is 1. The second-order valence-electron chi connectivity index (χ2n) is 7.86. The van der Waals surface area contributed by atoms with Gasteiger partial charge in [-0.2, -0.15) is 0 Å². The van der Waals surface area contributed by atoms with Gasteiger partial charge in [0.05, 0.1) is 0 Å². The van der Waals surface area contributed by atoms with Crippen LogP contribution in [-0.2, 0) is 26.6 Å². The lowest BCUT2D eigenvalue weighted by molar-refractivity contribution is 0.0911. The molecule has 25 heavy (non-hydrogen) atoms. The minimum absolute atomic E-state index is 0.0407. The van der Waals surface area contributed by atoms with Gasteiger partial charge < -0.3 is 9.88 Å².